The van der Waals surface area contributed by atoms with Crippen LogP contribution >= 0.6 is 0 Å². The first-order valence-corrected chi connectivity index (χ1v) is 6.01. The van der Waals surface area contributed by atoms with E-state index in [0.717, 1.165) is 6.08 Å². The molecule has 6 heteroatoms. The first-order chi connectivity index (χ1) is 8.92. The number of carbonyl (C=O) groups excluding carboxylic acids is 3. The van der Waals surface area contributed by atoms with Crippen molar-refractivity contribution in [2.24, 2.45) is 5.41 Å². The summed E-state index contributed by atoms with van der Waals surface area (Å²) < 4.78 is 14.2. The lowest BCUT2D eigenvalue weighted by Gasteiger charge is -2.23. The van der Waals surface area contributed by atoms with Crippen LogP contribution in [-0.2, 0) is 28.6 Å². The highest BCUT2D eigenvalue weighted by atomic mass is 16.6. The van der Waals surface area contributed by atoms with Gasteiger partial charge < -0.3 is 14.2 Å². The van der Waals surface area contributed by atoms with Crippen LogP contribution in [0.1, 0.15) is 27.2 Å². The fraction of sp³-hybridized carbons (Fsp3) is 0.615. The fourth-order valence-corrected chi connectivity index (χ4v) is 1.29. The standard InChI is InChI=1S/C13H20O6/c1-5-18-11(15)13(3,12(16)19-6-2)9-7-8-10(14)17-4/h7-8H,5-6,9H2,1-4H3/b8-7+. The molecule has 0 fully saturated rings. The Morgan fingerprint density at radius 3 is 1.89 bits per heavy atom. The van der Waals surface area contributed by atoms with E-state index in [-0.39, 0.29) is 19.6 Å². The topological polar surface area (TPSA) is 78.9 Å². The van der Waals surface area contributed by atoms with Gasteiger partial charge in [-0.15, -0.1) is 0 Å². The quantitative estimate of drug-likeness (QED) is 0.300. The van der Waals surface area contributed by atoms with Gasteiger partial charge in [-0.25, -0.2) is 4.79 Å². The van der Waals surface area contributed by atoms with Gasteiger partial charge in [0.05, 0.1) is 20.3 Å². The molecule has 0 rings (SSSR count). The molecule has 0 amide bonds. The van der Waals surface area contributed by atoms with E-state index in [9.17, 15) is 14.4 Å². The minimum Gasteiger partial charge on any atom is -0.466 e. The van der Waals surface area contributed by atoms with Gasteiger partial charge in [-0.3, -0.25) is 9.59 Å². The summed E-state index contributed by atoms with van der Waals surface area (Å²) in [6, 6.07) is 0. The number of rotatable bonds is 7. The molecule has 0 heterocycles. The van der Waals surface area contributed by atoms with Crippen LogP contribution in [0.4, 0.5) is 0 Å². The maximum absolute atomic E-state index is 11.9. The SMILES string of the molecule is CCOC(=O)C(C)(C/C=C/C(=O)OC)C(=O)OCC. The third-order valence-electron chi connectivity index (χ3n) is 2.43. The van der Waals surface area contributed by atoms with Crippen LogP contribution in [0.3, 0.4) is 0 Å². The molecule has 0 saturated heterocycles. The van der Waals surface area contributed by atoms with Crippen molar-refractivity contribution in [3.63, 3.8) is 0 Å². The molecule has 108 valence electrons. The summed E-state index contributed by atoms with van der Waals surface area (Å²) in [5.41, 5.74) is -1.46. The molecule has 0 spiro atoms. The van der Waals surface area contributed by atoms with Gasteiger partial charge in [0.1, 0.15) is 0 Å². The maximum atomic E-state index is 11.9. The molecule has 0 aromatic rings. The van der Waals surface area contributed by atoms with Gasteiger partial charge in [0.15, 0.2) is 5.41 Å². The van der Waals surface area contributed by atoms with Crippen molar-refractivity contribution in [1.82, 2.24) is 0 Å². The molecule has 0 bridgehead atoms. The van der Waals surface area contributed by atoms with E-state index in [0.29, 0.717) is 0 Å². The van der Waals surface area contributed by atoms with Crippen LogP contribution in [0.25, 0.3) is 0 Å². The van der Waals surface area contributed by atoms with Gasteiger partial charge in [-0.2, -0.15) is 0 Å². The van der Waals surface area contributed by atoms with E-state index < -0.39 is 23.3 Å². The van der Waals surface area contributed by atoms with Crippen molar-refractivity contribution in [2.75, 3.05) is 20.3 Å². The summed E-state index contributed by atoms with van der Waals surface area (Å²) >= 11 is 0. The summed E-state index contributed by atoms with van der Waals surface area (Å²) in [5, 5.41) is 0. The van der Waals surface area contributed by atoms with E-state index in [1.807, 2.05) is 0 Å². The number of esters is 3. The minimum absolute atomic E-state index is 0.000231. The largest absolute Gasteiger partial charge is 0.466 e. The van der Waals surface area contributed by atoms with Crippen LogP contribution < -0.4 is 0 Å². The molecule has 0 unspecified atom stereocenters. The van der Waals surface area contributed by atoms with Crippen LogP contribution in [0, 0.1) is 5.41 Å². The average Bonchev–Trinajstić information content (AvgIpc) is 2.38. The number of hydrogen-bond acceptors (Lipinski definition) is 6. The summed E-state index contributed by atoms with van der Waals surface area (Å²) in [6.07, 6.45) is 2.54. The van der Waals surface area contributed by atoms with Gasteiger partial charge in [0.25, 0.3) is 0 Å². The van der Waals surface area contributed by atoms with Crippen molar-refractivity contribution in [1.29, 1.82) is 0 Å². The molecule has 19 heavy (non-hydrogen) atoms. The summed E-state index contributed by atoms with van der Waals surface area (Å²) in [6.45, 7) is 5.04. The molecular formula is C13H20O6. The summed E-state index contributed by atoms with van der Waals surface area (Å²) in [5.74, 6) is -1.92. The van der Waals surface area contributed by atoms with Gasteiger partial charge >= 0.3 is 17.9 Å². The zero-order valence-electron chi connectivity index (χ0n) is 11.7. The Morgan fingerprint density at radius 2 is 1.53 bits per heavy atom. The number of allylic oxidation sites excluding steroid dienone is 1. The zero-order valence-corrected chi connectivity index (χ0v) is 11.7. The van der Waals surface area contributed by atoms with Crippen molar-refractivity contribution < 1.29 is 28.6 Å². The van der Waals surface area contributed by atoms with Crippen LogP contribution in [0.2, 0.25) is 0 Å². The molecule has 0 aromatic heterocycles. The molecule has 0 aliphatic carbocycles. The number of carbonyl (C=O) groups is 3. The number of hydrogen-bond donors (Lipinski definition) is 0. The second-order valence-electron chi connectivity index (χ2n) is 3.90. The van der Waals surface area contributed by atoms with Gasteiger partial charge in [0, 0.05) is 6.08 Å². The van der Waals surface area contributed by atoms with Crippen molar-refractivity contribution in [2.45, 2.75) is 27.2 Å². The van der Waals surface area contributed by atoms with Crippen LogP contribution in [0.5, 0.6) is 0 Å². The Kier molecular flexibility index (Phi) is 7.48. The Balaban J connectivity index is 4.95. The van der Waals surface area contributed by atoms with Crippen LogP contribution in [0.15, 0.2) is 12.2 Å². The molecule has 0 aliphatic heterocycles. The highest BCUT2D eigenvalue weighted by molar-refractivity contribution is 5.99. The van der Waals surface area contributed by atoms with Gasteiger partial charge in [0.2, 0.25) is 0 Å². The second-order valence-corrected chi connectivity index (χ2v) is 3.90. The lowest BCUT2D eigenvalue weighted by molar-refractivity contribution is -0.170. The molecule has 0 atom stereocenters. The maximum Gasteiger partial charge on any atom is 0.330 e. The van der Waals surface area contributed by atoms with Gasteiger partial charge in [-0.1, -0.05) is 6.08 Å². The Labute approximate surface area is 112 Å². The third kappa shape index (κ3) is 5.11. The molecule has 0 aromatic carbocycles. The number of methoxy groups -OCH3 is 1. The molecule has 0 aliphatic rings. The molecular weight excluding hydrogens is 252 g/mol. The third-order valence-corrected chi connectivity index (χ3v) is 2.43. The smallest absolute Gasteiger partial charge is 0.330 e. The Morgan fingerprint density at radius 1 is 1.05 bits per heavy atom. The highest BCUT2D eigenvalue weighted by Crippen LogP contribution is 2.26. The monoisotopic (exact) mass is 272 g/mol. The fourth-order valence-electron chi connectivity index (χ4n) is 1.29. The van der Waals surface area contributed by atoms with E-state index in [2.05, 4.69) is 4.74 Å². The normalized spacial score (nSPS) is 11.2. The van der Waals surface area contributed by atoms with Crippen molar-refractivity contribution in [3.8, 4) is 0 Å². The zero-order chi connectivity index (χ0) is 14.9. The molecule has 0 saturated carbocycles. The predicted octanol–water partition coefficient (Wildman–Crippen LogP) is 1.24. The first-order valence-electron chi connectivity index (χ1n) is 6.01. The number of ether oxygens (including phenoxy) is 3. The second kappa shape index (κ2) is 8.29. The Bertz CT molecular complexity index is 340. The summed E-state index contributed by atoms with van der Waals surface area (Å²) in [4.78, 5) is 34.7. The summed E-state index contributed by atoms with van der Waals surface area (Å²) in [7, 11) is 1.24. The minimum atomic E-state index is -1.46. The highest BCUT2D eigenvalue weighted by Gasteiger charge is 2.43. The molecule has 6 nitrogen and oxygen atoms in total. The van der Waals surface area contributed by atoms with E-state index in [1.165, 1.54) is 20.1 Å². The van der Waals surface area contributed by atoms with Gasteiger partial charge in [-0.05, 0) is 27.2 Å². The lowest BCUT2D eigenvalue weighted by Crippen LogP contribution is -2.39. The average molecular weight is 272 g/mol. The molecule has 0 radical (unpaired) electrons. The van der Waals surface area contributed by atoms with Crippen molar-refractivity contribution in [3.05, 3.63) is 12.2 Å². The van der Waals surface area contributed by atoms with E-state index in [4.69, 9.17) is 9.47 Å². The van der Waals surface area contributed by atoms with Crippen molar-refractivity contribution >= 4 is 17.9 Å². The van der Waals surface area contributed by atoms with Crippen LogP contribution in [-0.4, -0.2) is 38.2 Å². The molecule has 0 N–H and O–H groups in total. The first kappa shape index (κ1) is 17.2. The van der Waals surface area contributed by atoms with E-state index >= 15 is 0 Å². The predicted molar refractivity (Wildman–Crippen MR) is 67.1 cm³/mol. The lowest BCUT2D eigenvalue weighted by atomic mass is 9.86. The van der Waals surface area contributed by atoms with E-state index in [1.54, 1.807) is 13.8 Å². The Hall–Kier alpha value is -1.85.